The third-order valence-corrected chi connectivity index (χ3v) is 4.45. The summed E-state index contributed by atoms with van der Waals surface area (Å²) < 4.78 is 2.08. The monoisotopic (exact) mass is 305 g/mol. The summed E-state index contributed by atoms with van der Waals surface area (Å²) >= 11 is 7.65. The first-order chi connectivity index (χ1) is 9.69. The summed E-state index contributed by atoms with van der Waals surface area (Å²) in [4.78, 5) is 13.1. The second-order valence-corrected chi connectivity index (χ2v) is 5.94. The van der Waals surface area contributed by atoms with Crippen LogP contribution in [0, 0.1) is 0 Å². The molecule has 0 saturated heterocycles. The Labute approximate surface area is 124 Å². The highest BCUT2D eigenvalue weighted by Gasteiger charge is 2.10. The Morgan fingerprint density at radius 1 is 1.30 bits per heavy atom. The molecule has 102 valence electrons. The van der Waals surface area contributed by atoms with Gasteiger partial charge in [0.25, 0.3) is 5.91 Å². The van der Waals surface area contributed by atoms with Gasteiger partial charge in [-0.1, -0.05) is 29.8 Å². The third kappa shape index (κ3) is 2.31. The van der Waals surface area contributed by atoms with Crippen LogP contribution in [0.25, 0.3) is 10.9 Å². The Balaban J connectivity index is 1.93. The van der Waals surface area contributed by atoms with Crippen molar-refractivity contribution < 1.29 is 4.79 Å². The van der Waals surface area contributed by atoms with E-state index in [1.807, 2.05) is 36.5 Å². The number of rotatable bonds is 3. The summed E-state index contributed by atoms with van der Waals surface area (Å²) in [6.07, 6.45) is 1.91. The van der Waals surface area contributed by atoms with Gasteiger partial charge in [0.1, 0.15) is 0 Å². The van der Waals surface area contributed by atoms with Crippen molar-refractivity contribution in [2.45, 2.75) is 6.54 Å². The Hall–Kier alpha value is -1.82. The number of benzene rings is 1. The predicted molar refractivity (Wildman–Crippen MR) is 82.0 cm³/mol. The molecule has 0 aliphatic rings. The Morgan fingerprint density at radius 3 is 2.90 bits per heavy atom. The van der Waals surface area contributed by atoms with Gasteiger partial charge in [-0.2, -0.15) is 0 Å². The highest BCUT2D eigenvalue weighted by molar-refractivity contribution is 7.14. The number of hydrogen-bond donors (Lipinski definition) is 2. The van der Waals surface area contributed by atoms with Crippen LogP contribution in [0.15, 0.2) is 42.6 Å². The molecule has 0 fully saturated rings. The molecule has 20 heavy (non-hydrogen) atoms. The summed E-state index contributed by atoms with van der Waals surface area (Å²) in [5.41, 5.74) is 3.22. The average Bonchev–Trinajstić information content (AvgIpc) is 3.05. The first kappa shape index (κ1) is 13.2. The van der Waals surface area contributed by atoms with Crippen LogP contribution in [0.4, 0.5) is 0 Å². The fraction of sp³-hybridized carbons (Fsp3) is 0.0714. The number of thiophene rings is 1. The molecule has 1 amide bonds. The predicted octanol–water partition coefficient (Wildman–Crippen LogP) is 3.01. The number of hydrazine groups is 1. The molecule has 0 atom stereocenters. The fourth-order valence-electron chi connectivity index (χ4n) is 2.16. The maximum Gasteiger partial charge on any atom is 0.275 e. The van der Waals surface area contributed by atoms with Gasteiger partial charge in [-0.15, -0.1) is 11.3 Å². The summed E-state index contributed by atoms with van der Waals surface area (Å²) in [7, 11) is 0. The molecular weight excluding hydrogens is 294 g/mol. The van der Waals surface area contributed by atoms with E-state index in [9.17, 15) is 4.79 Å². The summed E-state index contributed by atoms with van der Waals surface area (Å²) in [5.74, 6) is 4.86. The Bertz CT molecular complexity index is 778. The van der Waals surface area contributed by atoms with Crippen LogP contribution in [-0.4, -0.2) is 10.5 Å². The zero-order valence-corrected chi connectivity index (χ0v) is 12.0. The van der Waals surface area contributed by atoms with Crippen LogP contribution in [-0.2, 0) is 6.54 Å². The van der Waals surface area contributed by atoms with Crippen LogP contribution < -0.4 is 11.3 Å². The van der Waals surface area contributed by atoms with Crippen LogP contribution in [0.5, 0.6) is 0 Å². The number of hydrogen-bond acceptors (Lipinski definition) is 3. The number of carbonyl (C=O) groups is 1. The number of fused-ring (bicyclic) bond motifs is 1. The van der Waals surface area contributed by atoms with Crippen LogP contribution in [0.1, 0.15) is 14.5 Å². The first-order valence-electron chi connectivity index (χ1n) is 6.02. The molecule has 4 nitrogen and oxygen atoms in total. The molecule has 0 radical (unpaired) electrons. The topological polar surface area (TPSA) is 60.0 Å². The van der Waals surface area contributed by atoms with Crippen molar-refractivity contribution in [3.05, 3.63) is 57.4 Å². The van der Waals surface area contributed by atoms with Crippen molar-refractivity contribution in [3.63, 3.8) is 0 Å². The molecule has 6 heteroatoms. The number of amides is 1. The second kappa shape index (κ2) is 5.28. The molecule has 3 N–H and O–H groups in total. The summed E-state index contributed by atoms with van der Waals surface area (Å²) in [6.45, 7) is 0.676. The lowest BCUT2D eigenvalue weighted by Crippen LogP contribution is -2.29. The number of nitrogen functional groups attached to an aromatic ring is 1. The lowest BCUT2D eigenvalue weighted by atomic mass is 10.2. The molecule has 3 aromatic rings. The zero-order chi connectivity index (χ0) is 14.1. The van der Waals surface area contributed by atoms with Gasteiger partial charge in [0, 0.05) is 22.0 Å². The standard InChI is InChI=1S/C14H12ClN3OS/c15-11-8-18(12-4-2-1-3-10(11)12)7-9-5-6-13(20-9)14(19)17-16/h1-6,8H,7,16H2,(H,17,19). The first-order valence-corrected chi connectivity index (χ1v) is 7.21. The molecule has 0 spiro atoms. The number of nitrogens with one attached hydrogen (secondary N) is 1. The van der Waals surface area contributed by atoms with E-state index in [-0.39, 0.29) is 5.91 Å². The Kier molecular flexibility index (Phi) is 3.48. The van der Waals surface area contributed by atoms with Gasteiger partial charge in [0.05, 0.1) is 16.4 Å². The highest BCUT2D eigenvalue weighted by Crippen LogP contribution is 2.27. The van der Waals surface area contributed by atoms with Gasteiger partial charge in [-0.25, -0.2) is 5.84 Å². The third-order valence-electron chi connectivity index (χ3n) is 3.08. The molecule has 1 aromatic carbocycles. The van der Waals surface area contributed by atoms with Gasteiger partial charge in [-0.05, 0) is 18.2 Å². The highest BCUT2D eigenvalue weighted by atomic mass is 35.5. The van der Waals surface area contributed by atoms with Crippen molar-refractivity contribution in [2.75, 3.05) is 0 Å². The normalized spacial score (nSPS) is 10.9. The molecule has 0 aliphatic heterocycles. The van der Waals surface area contributed by atoms with E-state index >= 15 is 0 Å². The second-order valence-electron chi connectivity index (χ2n) is 4.36. The Morgan fingerprint density at radius 2 is 2.10 bits per heavy atom. The molecule has 3 rings (SSSR count). The van der Waals surface area contributed by atoms with Crippen molar-refractivity contribution in [1.82, 2.24) is 9.99 Å². The van der Waals surface area contributed by atoms with Gasteiger partial charge < -0.3 is 4.57 Å². The van der Waals surface area contributed by atoms with Crippen molar-refractivity contribution in [2.24, 2.45) is 5.84 Å². The van der Waals surface area contributed by atoms with Crippen molar-refractivity contribution in [1.29, 1.82) is 0 Å². The maximum atomic E-state index is 11.4. The lowest BCUT2D eigenvalue weighted by molar-refractivity contribution is 0.0957. The van der Waals surface area contributed by atoms with E-state index < -0.39 is 0 Å². The maximum absolute atomic E-state index is 11.4. The van der Waals surface area contributed by atoms with Crippen molar-refractivity contribution in [3.8, 4) is 0 Å². The summed E-state index contributed by atoms with van der Waals surface area (Å²) in [6, 6.07) is 11.7. The lowest BCUT2D eigenvalue weighted by Gasteiger charge is -2.02. The van der Waals surface area contributed by atoms with E-state index in [2.05, 4.69) is 9.99 Å². The minimum absolute atomic E-state index is 0.267. The van der Waals surface area contributed by atoms with Gasteiger partial charge in [-0.3, -0.25) is 10.2 Å². The van der Waals surface area contributed by atoms with Crippen molar-refractivity contribution >= 4 is 39.7 Å². The number of carbonyl (C=O) groups excluding carboxylic acids is 1. The van der Waals surface area contributed by atoms with Crippen LogP contribution in [0.2, 0.25) is 5.02 Å². The van der Waals surface area contributed by atoms with E-state index in [1.165, 1.54) is 11.3 Å². The smallest absolute Gasteiger partial charge is 0.275 e. The minimum atomic E-state index is -0.267. The molecule has 0 unspecified atom stereocenters. The molecule has 2 aromatic heterocycles. The fourth-order valence-corrected chi connectivity index (χ4v) is 3.34. The number of aromatic nitrogens is 1. The van der Waals surface area contributed by atoms with Gasteiger partial charge in [0.15, 0.2) is 0 Å². The number of para-hydroxylation sites is 1. The molecule has 0 saturated carbocycles. The quantitative estimate of drug-likeness (QED) is 0.444. The van der Waals surface area contributed by atoms with E-state index in [1.54, 1.807) is 6.07 Å². The number of nitrogens with zero attached hydrogens (tertiary/aromatic N) is 1. The number of nitrogens with two attached hydrogens (primary N) is 1. The van der Waals surface area contributed by atoms with Gasteiger partial charge in [0.2, 0.25) is 0 Å². The molecule has 2 heterocycles. The number of halogens is 1. The van der Waals surface area contributed by atoms with Gasteiger partial charge >= 0.3 is 0 Å². The zero-order valence-electron chi connectivity index (χ0n) is 10.5. The molecular formula is C14H12ClN3OS. The largest absolute Gasteiger partial charge is 0.341 e. The van der Waals surface area contributed by atoms with Crippen LogP contribution in [0.3, 0.4) is 0 Å². The average molecular weight is 306 g/mol. The molecule has 0 bridgehead atoms. The van der Waals surface area contributed by atoms with E-state index in [4.69, 9.17) is 17.4 Å². The summed E-state index contributed by atoms with van der Waals surface area (Å²) in [5, 5.41) is 1.77. The van der Waals surface area contributed by atoms with E-state index in [0.717, 1.165) is 20.8 Å². The van der Waals surface area contributed by atoms with Crippen LogP contribution >= 0.6 is 22.9 Å². The van der Waals surface area contributed by atoms with E-state index in [0.29, 0.717) is 11.4 Å². The SMILES string of the molecule is NNC(=O)c1ccc(Cn2cc(Cl)c3ccccc32)s1. The molecule has 0 aliphatic carbocycles. The minimum Gasteiger partial charge on any atom is -0.341 e.